The number of ether oxygens (including phenoxy) is 1. The summed E-state index contributed by atoms with van der Waals surface area (Å²) in [4.78, 5) is 0. The van der Waals surface area contributed by atoms with Crippen molar-refractivity contribution in [2.45, 2.75) is 110 Å². The van der Waals surface area contributed by atoms with Gasteiger partial charge in [0.1, 0.15) is 0 Å². The molecule has 0 bridgehead atoms. The number of hydrogen-bond acceptors (Lipinski definition) is 1. The average Bonchev–Trinajstić information content (AvgIpc) is 2.74. The summed E-state index contributed by atoms with van der Waals surface area (Å²) in [6.45, 7) is 4.61. The molecular formula is C26H44F2O. The number of hydrogen-bond donors (Lipinski definition) is 0. The molecule has 0 spiro atoms. The van der Waals surface area contributed by atoms with E-state index in [9.17, 15) is 8.78 Å². The normalized spacial score (nSPS) is 37.1. The van der Waals surface area contributed by atoms with Gasteiger partial charge in [0.05, 0.1) is 6.61 Å². The summed E-state index contributed by atoms with van der Waals surface area (Å²) in [7, 11) is 0. The van der Waals surface area contributed by atoms with Crippen LogP contribution in [-0.2, 0) is 4.74 Å². The van der Waals surface area contributed by atoms with E-state index in [1.165, 1.54) is 44.9 Å². The maximum absolute atomic E-state index is 14.4. The Kier molecular flexibility index (Phi) is 9.02. The number of alkyl halides is 2. The second kappa shape index (κ2) is 11.3. The molecule has 3 heteroatoms. The van der Waals surface area contributed by atoms with Gasteiger partial charge in [-0.1, -0.05) is 38.3 Å². The molecule has 168 valence electrons. The topological polar surface area (TPSA) is 9.23 Å². The van der Waals surface area contributed by atoms with Crippen LogP contribution in [0, 0.1) is 35.5 Å². The fraction of sp³-hybridized carbons (Fsp3) is 0.923. The highest BCUT2D eigenvalue weighted by Crippen LogP contribution is 2.44. The van der Waals surface area contributed by atoms with Crippen LogP contribution in [0.15, 0.2) is 12.2 Å². The van der Waals surface area contributed by atoms with Crippen molar-refractivity contribution in [2.24, 2.45) is 35.5 Å². The van der Waals surface area contributed by atoms with Crippen molar-refractivity contribution in [2.75, 3.05) is 6.61 Å². The van der Waals surface area contributed by atoms with E-state index in [1.54, 1.807) is 0 Å². The molecule has 0 radical (unpaired) electrons. The SMILES string of the molecule is C/C=C/C1CCC(C2CCC(CC(F)(F)OCC3CCC(CC)CC3)CC2)CC1. The lowest BCUT2D eigenvalue weighted by Gasteiger charge is -2.38. The van der Waals surface area contributed by atoms with Gasteiger partial charge in [-0.05, 0) is 107 Å². The first-order valence-corrected chi connectivity index (χ1v) is 12.6. The Morgan fingerprint density at radius 1 is 0.759 bits per heavy atom. The molecule has 0 amide bonds. The highest BCUT2D eigenvalue weighted by molar-refractivity contribution is 4.91. The van der Waals surface area contributed by atoms with E-state index in [0.717, 1.165) is 62.2 Å². The van der Waals surface area contributed by atoms with E-state index >= 15 is 0 Å². The standard InChI is InChI=1S/C26H44F2O/c1-3-5-21-10-14-24(15-11-21)25-16-12-22(13-17-25)18-26(27,28)29-19-23-8-6-20(4-2)7-9-23/h3,5,20-25H,4,6-19H2,1-2H3/b5-3+. The van der Waals surface area contributed by atoms with E-state index < -0.39 is 6.11 Å². The molecule has 0 atom stereocenters. The number of rotatable bonds is 8. The number of allylic oxidation sites excluding steroid dienone is 2. The smallest absolute Gasteiger partial charge is 0.320 e. The minimum atomic E-state index is -2.93. The first-order chi connectivity index (χ1) is 14.0. The first kappa shape index (κ1) is 23.2. The van der Waals surface area contributed by atoms with Gasteiger partial charge in [-0.25, -0.2) is 0 Å². The Morgan fingerprint density at radius 3 is 1.83 bits per heavy atom. The molecule has 0 aliphatic heterocycles. The van der Waals surface area contributed by atoms with Crippen molar-refractivity contribution in [1.82, 2.24) is 0 Å². The maximum atomic E-state index is 14.4. The highest BCUT2D eigenvalue weighted by atomic mass is 19.3. The molecule has 3 fully saturated rings. The fourth-order valence-corrected chi connectivity index (χ4v) is 6.39. The van der Waals surface area contributed by atoms with E-state index in [0.29, 0.717) is 5.92 Å². The van der Waals surface area contributed by atoms with E-state index in [-0.39, 0.29) is 18.9 Å². The number of halogens is 2. The minimum Gasteiger partial charge on any atom is -0.320 e. The molecule has 3 aliphatic carbocycles. The van der Waals surface area contributed by atoms with Crippen molar-refractivity contribution < 1.29 is 13.5 Å². The van der Waals surface area contributed by atoms with Gasteiger partial charge in [0, 0.05) is 6.42 Å². The summed E-state index contributed by atoms with van der Waals surface area (Å²) in [5, 5.41) is 0. The van der Waals surface area contributed by atoms with Crippen molar-refractivity contribution in [1.29, 1.82) is 0 Å². The highest BCUT2D eigenvalue weighted by Gasteiger charge is 2.38. The zero-order valence-corrected chi connectivity index (χ0v) is 18.9. The molecule has 0 aromatic rings. The summed E-state index contributed by atoms with van der Waals surface area (Å²) in [6, 6.07) is 0. The van der Waals surface area contributed by atoms with Crippen LogP contribution in [0.3, 0.4) is 0 Å². The second-order valence-corrected chi connectivity index (χ2v) is 10.4. The zero-order valence-electron chi connectivity index (χ0n) is 18.9. The van der Waals surface area contributed by atoms with Crippen molar-refractivity contribution in [3.8, 4) is 0 Å². The largest absolute Gasteiger partial charge is 0.356 e. The Labute approximate surface area is 178 Å². The van der Waals surface area contributed by atoms with E-state index in [1.807, 2.05) is 0 Å². The molecule has 3 saturated carbocycles. The molecule has 29 heavy (non-hydrogen) atoms. The van der Waals surface area contributed by atoms with Crippen LogP contribution >= 0.6 is 0 Å². The molecule has 0 unspecified atom stereocenters. The summed E-state index contributed by atoms with van der Waals surface area (Å²) < 4.78 is 34.1. The van der Waals surface area contributed by atoms with Gasteiger partial charge in [-0.3, -0.25) is 0 Å². The quantitative estimate of drug-likeness (QED) is 0.365. The third kappa shape index (κ3) is 7.33. The molecule has 3 rings (SSSR count). The molecule has 0 aromatic carbocycles. The Morgan fingerprint density at radius 2 is 1.28 bits per heavy atom. The van der Waals surface area contributed by atoms with E-state index in [4.69, 9.17) is 4.74 Å². The van der Waals surface area contributed by atoms with Crippen LogP contribution in [0.25, 0.3) is 0 Å². The van der Waals surface area contributed by atoms with Crippen LogP contribution < -0.4 is 0 Å². The van der Waals surface area contributed by atoms with Gasteiger partial charge in [0.2, 0.25) is 0 Å². The molecular weight excluding hydrogens is 366 g/mol. The second-order valence-electron chi connectivity index (χ2n) is 10.4. The van der Waals surface area contributed by atoms with E-state index in [2.05, 4.69) is 26.0 Å². The van der Waals surface area contributed by atoms with Crippen LogP contribution in [0.4, 0.5) is 8.78 Å². The lowest BCUT2D eigenvalue weighted by atomic mass is 9.69. The van der Waals surface area contributed by atoms with Gasteiger partial charge in [0.15, 0.2) is 0 Å². The summed E-state index contributed by atoms with van der Waals surface area (Å²) in [5.41, 5.74) is 0. The molecule has 0 N–H and O–H groups in total. The average molecular weight is 411 g/mol. The molecule has 0 saturated heterocycles. The minimum absolute atomic E-state index is 0.0575. The molecule has 1 nitrogen and oxygen atoms in total. The Bertz CT molecular complexity index is 479. The summed E-state index contributed by atoms with van der Waals surface area (Å²) >= 11 is 0. The summed E-state index contributed by atoms with van der Waals surface area (Å²) in [6.07, 6.45) is 16.9. The Balaban J connectivity index is 1.33. The third-order valence-electron chi connectivity index (χ3n) is 8.44. The van der Waals surface area contributed by atoms with Crippen LogP contribution in [0.2, 0.25) is 0 Å². The predicted molar refractivity (Wildman–Crippen MR) is 117 cm³/mol. The Hall–Kier alpha value is -0.440. The lowest BCUT2D eigenvalue weighted by molar-refractivity contribution is -0.256. The lowest BCUT2D eigenvalue weighted by Crippen LogP contribution is -2.31. The van der Waals surface area contributed by atoms with Crippen molar-refractivity contribution in [3.05, 3.63) is 12.2 Å². The predicted octanol–water partition coefficient (Wildman–Crippen LogP) is 8.39. The zero-order chi connectivity index (χ0) is 20.7. The fourth-order valence-electron chi connectivity index (χ4n) is 6.39. The van der Waals surface area contributed by atoms with Crippen LogP contribution in [0.5, 0.6) is 0 Å². The van der Waals surface area contributed by atoms with Crippen LogP contribution in [-0.4, -0.2) is 12.7 Å². The van der Waals surface area contributed by atoms with Gasteiger partial charge >= 0.3 is 6.11 Å². The van der Waals surface area contributed by atoms with Gasteiger partial charge in [-0.15, -0.1) is 0 Å². The van der Waals surface area contributed by atoms with Gasteiger partial charge in [0.25, 0.3) is 0 Å². The van der Waals surface area contributed by atoms with Gasteiger partial charge < -0.3 is 4.74 Å². The monoisotopic (exact) mass is 410 g/mol. The third-order valence-corrected chi connectivity index (χ3v) is 8.44. The van der Waals surface area contributed by atoms with Crippen molar-refractivity contribution >= 4 is 0 Å². The summed E-state index contributed by atoms with van der Waals surface area (Å²) in [5.74, 6) is 3.70. The van der Waals surface area contributed by atoms with Crippen molar-refractivity contribution in [3.63, 3.8) is 0 Å². The van der Waals surface area contributed by atoms with Gasteiger partial charge in [-0.2, -0.15) is 8.78 Å². The molecule has 0 aromatic heterocycles. The first-order valence-electron chi connectivity index (χ1n) is 12.6. The molecule has 0 heterocycles. The van der Waals surface area contributed by atoms with Crippen LogP contribution in [0.1, 0.15) is 104 Å². The maximum Gasteiger partial charge on any atom is 0.356 e. The molecule has 3 aliphatic rings.